The minimum Gasteiger partial charge on any atom is -0.478 e. The first-order chi connectivity index (χ1) is 24.9. The standard InChI is InChI=1S/C30H33ClN10O9S2/c1-3-49-30(48)37-29-36-22-16(40(29)15-6-8-33-9-7-15)5-4-10-39(22)11-14-12-51-25-19(24(43)41(25)20(14)27(46)47)34-23(42)18(38-50-13(2)26(44)45)17-21(31)52-28(32)35-17/h4-5,10,13,15,19,25,33H,3,6-9,11-12H2,1-2H3,(H5,32,34,35,42,44,45,46,47)/p+1/b38-18-/t13-,19?,25?/m0/s1. The van der Waals surface area contributed by atoms with Crippen molar-refractivity contribution in [3.05, 3.63) is 39.6 Å². The van der Waals surface area contributed by atoms with Crippen LogP contribution in [0.5, 0.6) is 0 Å². The second-order valence-electron chi connectivity index (χ2n) is 11.8. The minimum absolute atomic E-state index is 0.00220. The van der Waals surface area contributed by atoms with Crippen LogP contribution in [0.1, 0.15) is 38.4 Å². The highest BCUT2D eigenvalue weighted by Crippen LogP contribution is 2.41. The van der Waals surface area contributed by atoms with Gasteiger partial charge >= 0.3 is 29.6 Å². The van der Waals surface area contributed by atoms with Gasteiger partial charge in [-0.3, -0.25) is 19.1 Å². The van der Waals surface area contributed by atoms with Gasteiger partial charge in [0, 0.05) is 17.4 Å². The van der Waals surface area contributed by atoms with Gasteiger partial charge in [-0.25, -0.2) is 29.3 Å². The number of nitrogens with one attached hydrogen (secondary N) is 3. The van der Waals surface area contributed by atoms with Crippen LogP contribution in [0.2, 0.25) is 4.34 Å². The van der Waals surface area contributed by atoms with Crippen LogP contribution in [0.3, 0.4) is 0 Å². The number of halogens is 1. The first-order valence-corrected chi connectivity index (χ1v) is 18.3. The number of hydrogen-bond acceptors (Lipinski definition) is 14. The van der Waals surface area contributed by atoms with Crippen molar-refractivity contribution in [3.8, 4) is 0 Å². The number of amides is 3. The van der Waals surface area contributed by atoms with Gasteiger partial charge in [-0.2, -0.15) is 0 Å². The van der Waals surface area contributed by atoms with Crippen LogP contribution in [-0.2, 0) is 35.3 Å². The summed E-state index contributed by atoms with van der Waals surface area (Å²) in [6.45, 7) is 4.70. The highest BCUT2D eigenvalue weighted by Gasteiger charge is 2.55. The van der Waals surface area contributed by atoms with Gasteiger partial charge in [-0.1, -0.05) is 28.1 Å². The zero-order valence-electron chi connectivity index (χ0n) is 27.7. The fourth-order valence-electron chi connectivity index (χ4n) is 6.07. The molecule has 3 atom stereocenters. The molecule has 3 aliphatic heterocycles. The number of oxime groups is 1. The van der Waals surface area contributed by atoms with Crippen LogP contribution in [0.15, 0.2) is 34.8 Å². The van der Waals surface area contributed by atoms with Crippen LogP contribution in [-0.4, -0.2) is 108 Å². The van der Waals surface area contributed by atoms with E-state index in [2.05, 4.69) is 26.1 Å². The van der Waals surface area contributed by atoms with Crippen LogP contribution in [0.25, 0.3) is 11.2 Å². The first-order valence-electron chi connectivity index (χ1n) is 16.0. The molecule has 3 amide bonds. The van der Waals surface area contributed by atoms with E-state index in [1.54, 1.807) is 23.8 Å². The van der Waals surface area contributed by atoms with Gasteiger partial charge in [-0.05, 0) is 56.9 Å². The van der Waals surface area contributed by atoms with Gasteiger partial charge in [0.2, 0.25) is 6.10 Å². The van der Waals surface area contributed by atoms with E-state index in [0.717, 1.165) is 47.7 Å². The van der Waals surface area contributed by atoms with E-state index in [9.17, 15) is 34.2 Å². The quantitative estimate of drug-likeness (QED) is 0.0653. The molecule has 2 saturated heterocycles. The molecular weight excluding hydrogens is 744 g/mol. The maximum absolute atomic E-state index is 13.5. The predicted molar refractivity (Wildman–Crippen MR) is 188 cm³/mol. The number of pyridine rings is 1. The van der Waals surface area contributed by atoms with Crippen molar-refractivity contribution in [1.82, 2.24) is 30.1 Å². The molecule has 19 nitrogen and oxygen atoms in total. The number of nitrogens with zero attached hydrogens (tertiary/aromatic N) is 6. The molecule has 2 unspecified atom stereocenters. The lowest BCUT2D eigenvalue weighted by molar-refractivity contribution is -0.664. The summed E-state index contributed by atoms with van der Waals surface area (Å²) in [5.74, 6) is -3.85. The number of aliphatic carboxylic acids is 2. The fraction of sp³-hybridized carbons (Fsp3) is 0.433. The molecule has 2 fully saturated rings. The monoisotopic (exact) mass is 777 g/mol. The SMILES string of the molecule is CCOC(=O)Nc1nc2c(ccc[n+]2CC2=C(C(=O)O)N3C(=O)C(NC(=O)/C(=N\O[C@@H](C)C(=O)O)c4nc(N)sc4Cl)C3SC2)n1C1CCNCC1. The summed E-state index contributed by atoms with van der Waals surface area (Å²) in [4.78, 5) is 78.2. The molecule has 52 heavy (non-hydrogen) atoms. The normalized spacial score (nSPS) is 19.9. The lowest BCUT2D eigenvalue weighted by Gasteiger charge is -2.49. The topological polar surface area (TPSA) is 257 Å². The number of fused-ring (bicyclic) bond motifs is 2. The largest absolute Gasteiger partial charge is 0.478 e. The first kappa shape index (κ1) is 36.8. The van der Waals surface area contributed by atoms with Gasteiger partial charge in [0.1, 0.15) is 39.2 Å². The van der Waals surface area contributed by atoms with Gasteiger partial charge in [0.25, 0.3) is 11.8 Å². The number of carboxylic acid groups (broad SMARTS) is 2. The summed E-state index contributed by atoms with van der Waals surface area (Å²) in [7, 11) is 0. The zero-order valence-corrected chi connectivity index (χ0v) is 30.1. The van der Waals surface area contributed by atoms with Gasteiger partial charge in [0.15, 0.2) is 10.8 Å². The molecule has 6 rings (SSSR count). The maximum atomic E-state index is 13.5. The molecule has 276 valence electrons. The molecule has 0 radical (unpaired) electrons. The lowest BCUT2D eigenvalue weighted by Crippen LogP contribution is -2.71. The van der Waals surface area contributed by atoms with Crippen molar-refractivity contribution in [2.24, 2.45) is 5.16 Å². The van der Waals surface area contributed by atoms with Gasteiger partial charge in [-0.15, -0.1) is 11.8 Å². The maximum Gasteiger partial charge on any atom is 0.415 e. The number of thioether (sulfide) groups is 1. The van der Waals surface area contributed by atoms with Crippen molar-refractivity contribution in [1.29, 1.82) is 0 Å². The Labute approximate surface area is 308 Å². The second-order valence-corrected chi connectivity index (χ2v) is 14.5. The third kappa shape index (κ3) is 7.20. The Hall–Kier alpha value is -4.99. The minimum atomic E-state index is -1.43. The molecule has 0 aromatic carbocycles. The van der Waals surface area contributed by atoms with E-state index in [4.69, 9.17) is 31.9 Å². The Morgan fingerprint density at radius 3 is 2.65 bits per heavy atom. The summed E-state index contributed by atoms with van der Waals surface area (Å²) in [5, 5.41) is 31.0. The highest BCUT2D eigenvalue weighted by atomic mass is 35.5. The average Bonchev–Trinajstić information content (AvgIpc) is 3.65. The molecule has 3 aromatic rings. The number of anilines is 2. The number of thiazole rings is 1. The predicted octanol–water partition coefficient (Wildman–Crippen LogP) is 1.14. The van der Waals surface area contributed by atoms with Crippen molar-refractivity contribution in [2.75, 3.05) is 36.5 Å². The summed E-state index contributed by atoms with van der Waals surface area (Å²) < 4.78 is 8.81. The molecule has 0 bridgehead atoms. The van der Waals surface area contributed by atoms with Crippen molar-refractivity contribution in [3.63, 3.8) is 0 Å². The molecule has 3 aromatic heterocycles. The molecule has 0 aliphatic carbocycles. The number of nitrogen functional groups attached to an aromatic ring is 1. The van der Waals surface area contributed by atoms with Crippen molar-refractivity contribution >= 4 is 92.5 Å². The number of nitrogens with two attached hydrogens (primary N) is 1. The van der Waals surface area contributed by atoms with Crippen molar-refractivity contribution < 1.29 is 48.3 Å². The number of ether oxygens (including phenoxy) is 1. The molecule has 3 aliphatic rings. The van der Waals surface area contributed by atoms with E-state index < -0.39 is 53.1 Å². The fourth-order valence-corrected chi connectivity index (χ4v) is 8.33. The molecule has 0 saturated carbocycles. The number of hydrogen-bond donors (Lipinski definition) is 6. The molecule has 7 N–H and O–H groups in total. The molecule has 6 heterocycles. The van der Waals surface area contributed by atoms with E-state index in [0.29, 0.717) is 17.2 Å². The number of aromatic nitrogens is 4. The van der Waals surface area contributed by atoms with Crippen LogP contribution in [0.4, 0.5) is 15.9 Å². The van der Waals surface area contributed by atoms with Gasteiger partial charge in [0.05, 0.1) is 12.8 Å². The molecule has 0 spiro atoms. The Morgan fingerprint density at radius 2 is 2.00 bits per heavy atom. The van der Waals surface area contributed by atoms with E-state index in [1.165, 1.54) is 18.7 Å². The van der Waals surface area contributed by atoms with Crippen molar-refractivity contribution in [2.45, 2.75) is 56.8 Å². The Balaban J connectivity index is 1.27. The summed E-state index contributed by atoms with van der Waals surface area (Å²) in [6.07, 6.45) is 1.25. The van der Waals surface area contributed by atoms with Crippen LogP contribution < -0.4 is 26.3 Å². The van der Waals surface area contributed by atoms with Crippen LogP contribution in [0, 0.1) is 0 Å². The number of carboxylic acids is 2. The smallest absolute Gasteiger partial charge is 0.415 e. The average molecular weight is 778 g/mol. The Bertz CT molecular complexity index is 2010. The van der Waals surface area contributed by atoms with E-state index in [1.807, 2.05) is 10.6 Å². The Morgan fingerprint density at radius 1 is 1.25 bits per heavy atom. The van der Waals surface area contributed by atoms with Crippen LogP contribution >= 0.6 is 34.7 Å². The highest BCUT2D eigenvalue weighted by molar-refractivity contribution is 8.00. The summed E-state index contributed by atoms with van der Waals surface area (Å²) in [6, 6.07) is 2.54. The van der Waals surface area contributed by atoms with Gasteiger partial charge < -0.3 is 36.2 Å². The zero-order chi connectivity index (χ0) is 37.3. The number of rotatable bonds is 12. The summed E-state index contributed by atoms with van der Waals surface area (Å²) in [5.41, 5.74) is 6.45. The number of carbonyl (C=O) groups excluding carboxylic acids is 3. The number of carbonyl (C=O) groups is 5. The lowest BCUT2D eigenvalue weighted by atomic mass is 10.0. The third-order valence-electron chi connectivity index (χ3n) is 8.47. The second kappa shape index (κ2) is 15.3. The molecular formula is C30H34ClN10O9S2+. The Kier molecular flexibility index (Phi) is 10.8. The van der Waals surface area contributed by atoms with E-state index >= 15 is 0 Å². The number of imidazole rings is 1. The number of piperidine rings is 1. The molecule has 22 heteroatoms. The summed E-state index contributed by atoms with van der Waals surface area (Å²) >= 11 is 8.29. The number of β-lactam (4-membered cyclic amide) rings is 1. The van der Waals surface area contributed by atoms with E-state index in [-0.39, 0.29) is 45.8 Å². The third-order valence-corrected chi connectivity index (χ3v) is 10.9.